The van der Waals surface area contributed by atoms with Gasteiger partial charge >= 0.3 is 0 Å². The van der Waals surface area contributed by atoms with Gasteiger partial charge in [-0.3, -0.25) is 0 Å². The Kier molecular flexibility index (Phi) is 8.55. The zero-order valence-corrected chi connectivity index (χ0v) is 14.1. The van der Waals surface area contributed by atoms with Gasteiger partial charge in [-0.05, 0) is 24.7 Å². The van der Waals surface area contributed by atoms with Crippen molar-refractivity contribution in [2.24, 2.45) is 5.41 Å². The van der Waals surface area contributed by atoms with Crippen molar-refractivity contribution in [2.75, 3.05) is 22.2 Å². The zero-order valence-electron chi connectivity index (χ0n) is 10.1. The summed E-state index contributed by atoms with van der Waals surface area (Å²) >= 11 is 7.03. The molecule has 0 saturated carbocycles. The molecule has 0 aromatic rings. The molecule has 5 heteroatoms. The lowest BCUT2D eigenvalue weighted by atomic mass is 9.85. The molecular weight excluding hydrogens is 356 g/mol. The van der Waals surface area contributed by atoms with E-state index >= 15 is 0 Å². The van der Waals surface area contributed by atoms with E-state index in [1.807, 2.05) is 6.92 Å². The van der Waals surface area contributed by atoms with Gasteiger partial charge in [-0.25, -0.2) is 8.42 Å². The van der Waals surface area contributed by atoms with E-state index in [0.717, 1.165) is 29.9 Å². The average molecular weight is 378 g/mol. The van der Waals surface area contributed by atoms with Crippen LogP contribution in [0.15, 0.2) is 0 Å². The van der Waals surface area contributed by atoms with E-state index in [0.29, 0.717) is 17.9 Å². The third kappa shape index (κ3) is 6.01. The van der Waals surface area contributed by atoms with Crippen molar-refractivity contribution in [3.63, 3.8) is 0 Å². The molecule has 98 valence electrons. The van der Waals surface area contributed by atoms with E-state index in [1.54, 1.807) is 0 Å². The Bertz CT molecular complexity index is 272. The third-order valence-corrected chi connectivity index (χ3v) is 7.04. The number of hydrogen-bond acceptors (Lipinski definition) is 2. The van der Waals surface area contributed by atoms with E-state index in [2.05, 4.69) is 38.8 Å². The molecule has 0 bridgehead atoms. The highest BCUT2D eigenvalue weighted by Gasteiger charge is 2.28. The normalized spacial score (nSPS) is 13.0. The molecule has 0 heterocycles. The second kappa shape index (κ2) is 8.09. The number of rotatable bonds is 9. The fraction of sp³-hybridized carbons (Fsp3) is 1.00. The minimum absolute atomic E-state index is 0.0928. The van der Waals surface area contributed by atoms with Crippen molar-refractivity contribution in [3.8, 4) is 0 Å². The smallest absolute Gasteiger partial charge is 0.150 e. The van der Waals surface area contributed by atoms with Crippen molar-refractivity contribution < 1.29 is 8.42 Å². The van der Waals surface area contributed by atoms with Gasteiger partial charge in [-0.1, -0.05) is 52.1 Å². The van der Waals surface area contributed by atoms with Crippen LogP contribution in [0.25, 0.3) is 0 Å². The first kappa shape index (κ1) is 16.9. The molecule has 0 amide bonds. The summed E-state index contributed by atoms with van der Waals surface area (Å²) < 4.78 is 23.4. The lowest BCUT2D eigenvalue weighted by molar-refractivity contribution is 0.341. The van der Waals surface area contributed by atoms with Crippen LogP contribution in [-0.4, -0.2) is 30.6 Å². The molecular formula is C11H22Br2O2S. The molecule has 0 saturated heterocycles. The molecule has 2 nitrogen and oxygen atoms in total. The van der Waals surface area contributed by atoms with Crippen LogP contribution in [0, 0.1) is 5.41 Å². The fourth-order valence-electron chi connectivity index (χ4n) is 1.74. The number of alkyl halides is 2. The van der Waals surface area contributed by atoms with Gasteiger partial charge in [0.2, 0.25) is 0 Å². The summed E-state index contributed by atoms with van der Waals surface area (Å²) in [6.45, 7) is 4.05. The molecule has 0 atom stereocenters. The lowest BCUT2D eigenvalue weighted by Gasteiger charge is -2.29. The van der Waals surface area contributed by atoms with E-state index in [4.69, 9.17) is 0 Å². The zero-order chi connectivity index (χ0) is 12.7. The van der Waals surface area contributed by atoms with E-state index in [1.165, 1.54) is 0 Å². The first-order valence-corrected chi connectivity index (χ1v) is 9.84. The molecule has 0 aliphatic carbocycles. The molecule has 0 fully saturated rings. The lowest BCUT2D eigenvalue weighted by Crippen LogP contribution is -2.28. The predicted molar refractivity (Wildman–Crippen MR) is 78.5 cm³/mol. The SMILES string of the molecule is CCCC(CBr)(CBr)CCS(=O)(=O)CCC. The second-order valence-corrected chi connectivity index (χ2v) is 7.84. The molecule has 0 aromatic carbocycles. The summed E-state index contributed by atoms with van der Waals surface area (Å²) in [5, 5.41) is 1.72. The highest BCUT2D eigenvalue weighted by molar-refractivity contribution is 9.09. The number of sulfone groups is 1. The summed E-state index contributed by atoms with van der Waals surface area (Å²) in [5.41, 5.74) is 0.0928. The summed E-state index contributed by atoms with van der Waals surface area (Å²) in [5.74, 6) is 0.637. The number of hydrogen-bond donors (Lipinski definition) is 0. The van der Waals surface area contributed by atoms with Crippen LogP contribution < -0.4 is 0 Å². The maximum Gasteiger partial charge on any atom is 0.150 e. The quantitative estimate of drug-likeness (QED) is 0.573. The first-order chi connectivity index (χ1) is 7.45. The third-order valence-electron chi connectivity index (χ3n) is 2.81. The van der Waals surface area contributed by atoms with Crippen LogP contribution >= 0.6 is 31.9 Å². The molecule has 0 spiro atoms. The van der Waals surface area contributed by atoms with Crippen LogP contribution in [0.5, 0.6) is 0 Å². The van der Waals surface area contributed by atoms with Crippen molar-refractivity contribution in [2.45, 2.75) is 39.5 Å². The minimum atomic E-state index is -2.85. The Hall–Kier alpha value is 0.910. The highest BCUT2D eigenvalue weighted by atomic mass is 79.9. The Morgan fingerprint density at radius 2 is 1.50 bits per heavy atom. The molecule has 16 heavy (non-hydrogen) atoms. The van der Waals surface area contributed by atoms with Crippen molar-refractivity contribution in [3.05, 3.63) is 0 Å². The van der Waals surface area contributed by atoms with Crippen LogP contribution in [0.4, 0.5) is 0 Å². The van der Waals surface area contributed by atoms with Crippen LogP contribution in [0.3, 0.4) is 0 Å². The van der Waals surface area contributed by atoms with Crippen molar-refractivity contribution >= 4 is 41.7 Å². The van der Waals surface area contributed by atoms with Gasteiger partial charge in [0.15, 0.2) is 0 Å². The van der Waals surface area contributed by atoms with Gasteiger partial charge in [0.25, 0.3) is 0 Å². The molecule has 0 aromatic heterocycles. The number of halogens is 2. The Morgan fingerprint density at radius 1 is 0.938 bits per heavy atom. The van der Waals surface area contributed by atoms with E-state index in [9.17, 15) is 8.42 Å². The van der Waals surface area contributed by atoms with Gasteiger partial charge in [0.05, 0.1) is 5.75 Å². The van der Waals surface area contributed by atoms with Crippen molar-refractivity contribution in [1.82, 2.24) is 0 Å². The van der Waals surface area contributed by atoms with Gasteiger partial charge < -0.3 is 0 Å². The second-order valence-electron chi connectivity index (χ2n) is 4.42. The molecule has 0 N–H and O–H groups in total. The molecule has 0 aliphatic rings. The molecule has 0 radical (unpaired) electrons. The standard InChI is InChI=1S/C11H22Br2O2S/c1-3-5-11(9-12,10-13)6-8-16(14,15)7-4-2/h3-10H2,1-2H3. The fourth-order valence-corrected chi connectivity index (χ4v) is 5.36. The summed E-state index contributed by atoms with van der Waals surface area (Å²) in [4.78, 5) is 0. The monoisotopic (exact) mass is 376 g/mol. The van der Waals surface area contributed by atoms with Gasteiger partial charge in [0.1, 0.15) is 9.84 Å². The molecule has 0 unspecified atom stereocenters. The Morgan fingerprint density at radius 3 is 1.88 bits per heavy atom. The first-order valence-electron chi connectivity index (χ1n) is 5.77. The van der Waals surface area contributed by atoms with Crippen LogP contribution in [-0.2, 0) is 9.84 Å². The van der Waals surface area contributed by atoms with E-state index in [-0.39, 0.29) is 5.41 Å². The summed E-state index contributed by atoms with van der Waals surface area (Å²) in [6, 6.07) is 0. The van der Waals surface area contributed by atoms with E-state index < -0.39 is 9.84 Å². The highest BCUT2D eigenvalue weighted by Crippen LogP contribution is 2.33. The summed E-state index contributed by atoms with van der Waals surface area (Å²) in [7, 11) is -2.85. The van der Waals surface area contributed by atoms with Gasteiger partial charge in [0, 0.05) is 16.4 Å². The minimum Gasteiger partial charge on any atom is -0.229 e. The summed E-state index contributed by atoms with van der Waals surface area (Å²) in [6.07, 6.45) is 3.61. The van der Waals surface area contributed by atoms with Crippen LogP contribution in [0.2, 0.25) is 0 Å². The average Bonchev–Trinajstić information content (AvgIpc) is 2.24. The molecule has 0 aliphatic heterocycles. The molecule has 0 rings (SSSR count). The Labute approximate surface area is 117 Å². The van der Waals surface area contributed by atoms with Gasteiger partial charge in [-0.2, -0.15) is 0 Å². The maximum absolute atomic E-state index is 11.7. The topological polar surface area (TPSA) is 34.1 Å². The van der Waals surface area contributed by atoms with Gasteiger partial charge in [-0.15, -0.1) is 0 Å². The van der Waals surface area contributed by atoms with Crippen LogP contribution in [0.1, 0.15) is 39.5 Å². The maximum atomic E-state index is 11.7. The predicted octanol–water partition coefficient (Wildman–Crippen LogP) is 3.78. The largest absolute Gasteiger partial charge is 0.229 e. The Balaban J connectivity index is 4.42. The van der Waals surface area contributed by atoms with Crippen molar-refractivity contribution in [1.29, 1.82) is 0 Å².